The van der Waals surface area contributed by atoms with Gasteiger partial charge in [-0.2, -0.15) is 0 Å². The largest absolute Gasteiger partial charge is 0.497 e. The predicted octanol–water partition coefficient (Wildman–Crippen LogP) is -0.246. The molecule has 0 aliphatic heterocycles. The van der Waals surface area contributed by atoms with Crippen molar-refractivity contribution >= 4 is 17.8 Å². The van der Waals surface area contributed by atoms with Crippen molar-refractivity contribution in [3.63, 3.8) is 0 Å². The second kappa shape index (κ2) is 6.39. The minimum atomic E-state index is -1.35. The molecule has 1 aromatic carbocycles. The molecule has 0 saturated heterocycles. The first-order valence-electron chi connectivity index (χ1n) is 5.40. The van der Waals surface area contributed by atoms with Crippen LogP contribution in [0.3, 0.4) is 0 Å². The van der Waals surface area contributed by atoms with E-state index in [0.29, 0.717) is 5.75 Å². The molecule has 0 aliphatic carbocycles. The van der Waals surface area contributed by atoms with Gasteiger partial charge in [-0.05, 0) is 18.2 Å². The number of rotatable bonds is 6. The number of ether oxygens (including phenoxy) is 1. The van der Waals surface area contributed by atoms with Gasteiger partial charge in [0.05, 0.1) is 13.5 Å². The van der Waals surface area contributed by atoms with Crippen LogP contribution in [-0.2, 0) is 9.59 Å². The van der Waals surface area contributed by atoms with Crippen LogP contribution in [0.1, 0.15) is 16.8 Å². The second-order valence-electron chi connectivity index (χ2n) is 3.77. The summed E-state index contributed by atoms with van der Waals surface area (Å²) in [5.41, 5.74) is 5.15. The van der Waals surface area contributed by atoms with Crippen molar-refractivity contribution in [1.29, 1.82) is 0 Å². The number of methoxy groups -OCH3 is 1. The molecule has 0 aliphatic rings. The molecule has 2 amide bonds. The van der Waals surface area contributed by atoms with Crippen molar-refractivity contribution in [3.05, 3.63) is 29.8 Å². The summed E-state index contributed by atoms with van der Waals surface area (Å²) in [6, 6.07) is 4.85. The maximum absolute atomic E-state index is 11.8. The molecule has 0 bridgehead atoms. The maximum atomic E-state index is 11.8. The van der Waals surface area contributed by atoms with Gasteiger partial charge < -0.3 is 20.9 Å². The SMILES string of the molecule is COc1cccc(C(=O)N[C@H](CC(N)=O)C(=O)O)c1. The number of hydrogen-bond acceptors (Lipinski definition) is 4. The summed E-state index contributed by atoms with van der Waals surface area (Å²) in [6.07, 6.45) is -0.467. The van der Waals surface area contributed by atoms with Gasteiger partial charge in [0, 0.05) is 5.56 Å². The second-order valence-corrected chi connectivity index (χ2v) is 3.77. The molecule has 1 atom stereocenters. The van der Waals surface area contributed by atoms with Gasteiger partial charge in [0.1, 0.15) is 11.8 Å². The van der Waals surface area contributed by atoms with Crippen LogP contribution in [0.4, 0.5) is 0 Å². The first-order chi connectivity index (χ1) is 8.93. The lowest BCUT2D eigenvalue weighted by molar-refractivity contribution is -0.140. The molecule has 7 nitrogen and oxygen atoms in total. The minimum Gasteiger partial charge on any atom is -0.497 e. The van der Waals surface area contributed by atoms with Crippen LogP contribution in [0.25, 0.3) is 0 Å². The fourth-order valence-corrected chi connectivity index (χ4v) is 1.41. The van der Waals surface area contributed by atoms with Gasteiger partial charge in [-0.3, -0.25) is 9.59 Å². The van der Waals surface area contributed by atoms with E-state index in [1.165, 1.54) is 19.2 Å². The van der Waals surface area contributed by atoms with E-state index in [0.717, 1.165) is 0 Å². The van der Waals surface area contributed by atoms with Gasteiger partial charge in [-0.15, -0.1) is 0 Å². The summed E-state index contributed by atoms with van der Waals surface area (Å²) in [7, 11) is 1.45. The third-order valence-corrected chi connectivity index (χ3v) is 2.34. The van der Waals surface area contributed by atoms with Crippen LogP contribution < -0.4 is 15.8 Å². The Balaban J connectivity index is 2.81. The molecular weight excluding hydrogens is 252 g/mol. The molecule has 1 aromatic rings. The number of primary amides is 1. The smallest absolute Gasteiger partial charge is 0.326 e. The number of carboxylic acid groups (broad SMARTS) is 1. The predicted molar refractivity (Wildman–Crippen MR) is 65.7 cm³/mol. The zero-order chi connectivity index (χ0) is 14.4. The van der Waals surface area contributed by atoms with E-state index in [4.69, 9.17) is 15.6 Å². The number of amides is 2. The molecular formula is C12H14N2O5. The van der Waals surface area contributed by atoms with Crippen molar-refractivity contribution < 1.29 is 24.2 Å². The Morgan fingerprint density at radius 2 is 2.11 bits per heavy atom. The topological polar surface area (TPSA) is 119 Å². The summed E-state index contributed by atoms with van der Waals surface area (Å²) in [6.45, 7) is 0. The fourth-order valence-electron chi connectivity index (χ4n) is 1.41. The molecule has 19 heavy (non-hydrogen) atoms. The average Bonchev–Trinajstić information content (AvgIpc) is 2.37. The molecule has 4 N–H and O–H groups in total. The number of carboxylic acids is 1. The van der Waals surface area contributed by atoms with Gasteiger partial charge in [0.25, 0.3) is 5.91 Å². The van der Waals surface area contributed by atoms with E-state index >= 15 is 0 Å². The summed E-state index contributed by atoms with van der Waals surface area (Å²) < 4.78 is 4.95. The number of nitrogens with one attached hydrogen (secondary N) is 1. The first kappa shape index (κ1) is 14.5. The Labute approximate surface area is 109 Å². The molecule has 0 fully saturated rings. The Bertz CT molecular complexity index is 501. The first-order valence-corrected chi connectivity index (χ1v) is 5.40. The van der Waals surface area contributed by atoms with Crippen LogP contribution >= 0.6 is 0 Å². The van der Waals surface area contributed by atoms with Gasteiger partial charge in [-0.1, -0.05) is 6.07 Å². The quantitative estimate of drug-likeness (QED) is 0.656. The Hall–Kier alpha value is -2.57. The van der Waals surface area contributed by atoms with Gasteiger partial charge in [0.2, 0.25) is 5.91 Å². The lowest BCUT2D eigenvalue weighted by atomic mass is 10.1. The highest BCUT2D eigenvalue weighted by Gasteiger charge is 2.22. The lowest BCUT2D eigenvalue weighted by Gasteiger charge is -2.13. The third-order valence-electron chi connectivity index (χ3n) is 2.34. The zero-order valence-electron chi connectivity index (χ0n) is 10.3. The third kappa shape index (κ3) is 4.30. The van der Waals surface area contributed by atoms with E-state index in [2.05, 4.69) is 5.32 Å². The highest BCUT2D eigenvalue weighted by molar-refractivity contribution is 5.97. The molecule has 0 heterocycles. The number of nitrogens with two attached hydrogens (primary N) is 1. The Kier molecular flexibility index (Phi) is 4.87. The van der Waals surface area contributed by atoms with Crippen LogP contribution in [-0.4, -0.2) is 36.0 Å². The standard InChI is InChI=1S/C12H14N2O5/c1-19-8-4-2-3-7(5-8)11(16)14-9(12(17)18)6-10(13)15/h2-5,9H,6H2,1H3,(H2,13,15)(H,14,16)(H,17,18)/t9-/m1/s1. The normalized spacial score (nSPS) is 11.4. The van der Waals surface area contributed by atoms with Crippen molar-refractivity contribution in [2.75, 3.05) is 7.11 Å². The van der Waals surface area contributed by atoms with E-state index < -0.39 is 30.2 Å². The number of aliphatic carboxylic acids is 1. The van der Waals surface area contributed by atoms with Crippen LogP contribution in [0.2, 0.25) is 0 Å². The highest BCUT2D eigenvalue weighted by atomic mass is 16.5. The zero-order valence-corrected chi connectivity index (χ0v) is 10.3. The van der Waals surface area contributed by atoms with Crippen molar-refractivity contribution in [3.8, 4) is 5.75 Å². The van der Waals surface area contributed by atoms with Gasteiger partial charge >= 0.3 is 5.97 Å². The molecule has 1 rings (SSSR count). The van der Waals surface area contributed by atoms with Crippen molar-refractivity contribution in [2.45, 2.75) is 12.5 Å². The molecule has 0 saturated carbocycles. The lowest BCUT2D eigenvalue weighted by Crippen LogP contribution is -2.43. The monoisotopic (exact) mass is 266 g/mol. The van der Waals surface area contributed by atoms with Crippen LogP contribution in [0.15, 0.2) is 24.3 Å². The van der Waals surface area contributed by atoms with Crippen molar-refractivity contribution in [1.82, 2.24) is 5.32 Å². The number of hydrogen-bond donors (Lipinski definition) is 3. The van der Waals surface area contributed by atoms with E-state index in [9.17, 15) is 14.4 Å². The molecule has 102 valence electrons. The minimum absolute atomic E-state index is 0.232. The molecule has 0 radical (unpaired) electrons. The van der Waals surface area contributed by atoms with Crippen LogP contribution in [0.5, 0.6) is 5.75 Å². The summed E-state index contributed by atoms with van der Waals surface area (Å²) in [5.74, 6) is -2.28. The molecule has 0 aromatic heterocycles. The van der Waals surface area contributed by atoms with Crippen molar-refractivity contribution in [2.24, 2.45) is 5.73 Å². The fraction of sp³-hybridized carbons (Fsp3) is 0.250. The molecule has 7 heteroatoms. The Morgan fingerprint density at radius 3 is 2.63 bits per heavy atom. The summed E-state index contributed by atoms with van der Waals surface area (Å²) in [4.78, 5) is 33.4. The number of carbonyl (C=O) groups excluding carboxylic acids is 2. The number of benzene rings is 1. The summed E-state index contributed by atoms with van der Waals surface area (Å²) in [5, 5.41) is 11.1. The molecule has 0 unspecified atom stereocenters. The Morgan fingerprint density at radius 1 is 1.42 bits per heavy atom. The van der Waals surface area contributed by atoms with Gasteiger partial charge in [-0.25, -0.2) is 4.79 Å². The molecule has 0 spiro atoms. The van der Waals surface area contributed by atoms with Crippen LogP contribution in [0, 0.1) is 0 Å². The highest BCUT2D eigenvalue weighted by Crippen LogP contribution is 2.12. The van der Waals surface area contributed by atoms with E-state index in [1.807, 2.05) is 0 Å². The van der Waals surface area contributed by atoms with Gasteiger partial charge in [0.15, 0.2) is 0 Å². The average molecular weight is 266 g/mol. The summed E-state index contributed by atoms with van der Waals surface area (Å²) >= 11 is 0. The number of carbonyl (C=O) groups is 3. The van der Waals surface area contributed by atoms with E-state index in [1.54, 1.807) is 12.1 Å². The maximum Gasteiger partial charge on any atom is 0.326 e. The van der Waals surface area contributed by atoms with E-state index in [-0.39, 0.29) is 5.56 Å².